The van der Waals surface area contributed by atoms with E-state index in [1.54, 1.807) is 11.0 Å². The van der Waals surface area contributed by atoms with Crippen LogP contribution in [0.25, 0.3) is 16.5 Å². The molecule has 0 aliphatic carbocycles. The number of carboxylic acid groups (broad SMARTS) is 1. The topological polar surface area (TPSA) is 85.9 Å². The average molecular weight is 512 g/mol. The van der Waals surface area contributed by atoms with Crippen LogP contribution < -0.4 is 4.74 Å². The molecular weight excluding hydrogens is 485 g/mol. The first kappa shape index (κ1) is 23.8. The second kappa shape index (κ2) is 9.37. The number of hydrogen-bond donors (Lipinski definition) is 2. The van der Waals surface area contributed by atoms with E-state index >= 15 is 0 Å². The summed E-state index contributed by atoms with van der Waals surface area (Å²) in [5.74, 6) is -0.0664. The van der Waals surface area contributed by atoms with Crippen molar-refractivity contribution in [2.75, 3.05) is 20.2 Å². The van der Waals surface area contributed by atoms with Gasteiger partial charge in [0.1, 0.15) is 17.6 Å². The van der Waals surface area contributed by atoms with Crippen LogP contribution in [-0.4, -0.2) is 52.1 Å². The SMILES string of the molecule is COc1ccc(F)cc1C(c1cc2ccccc2[nH]1)N1Cc2ccc(C3=CCN(C(=O)O)CC3)cc2C1=O. The van der Waals surface area contributed by atoms with Crippen molar-refractivity contribution in [3.05, 3.63) is 107 Å². The van der Waals surface area contributed by atoms with Crippen LogP contribution in [0.15, 0.2) is 72.8 Å². The minimum Gasteiger partial charge on any atom is -0.496 e. The highest BCUT2D eigenvalue weighted by Gasteiger charge is 2.37. The van der Waals surface area contributed by atoms with Crippen LogP contribution in [-0.2, 0) is 6.54 Å². The molecule has 0 radical (unpaired) electrons. The van der Waals surface area contributed by atoms with Gasteiger partial charge in [0.25, 0.3) is 5.91 Å². The number of carbonyl (C=O) groups excluding carboxylic acids is 1. The smallest absolute Gasteiger partial charge is 0.407 e. The first-order valence-corrected chi connectivity index (χ1v) is 12.4. The molecule has 7 nitrogen and oxygen atoms in total. The molecule has 3 aromatic carbocycles. The van der Waals surface area contributed by atoms with Gasteiger partial charge in [-0.3, -0.25) is 4.79 Å². The molecule has 2 N–H and O–H groups in total. The van der Waals surface area contributed by atoms with E-state index in [1.807, 2.05) is 54.6 Å². The molecule has 6 rings (SSSR count). The first-order chi connectivity index (χ1) is 18.4. The Bertz CT molecular complexity index is 1580. The maximum absolute atomic E-state index is 14.5. The molecule has 0 fully saturated rings. The van der Waals surface area contributed by atoms with E-state index in [4.69, 9.17) is 4.74 Å². The van der Waals surface area contributed by atoms with E-state index in [1.165, 1.54) is 24.1 Å². The van der Waals surface area contributed by atoms with Crippen molar-refractivity contribution in [3.8, 4) is 5.75 Å². The number of halogens is 1. The zero-order chi connectivity index (χ0) is 26.4. The third-order valence-corrected chi connectivity index (χ3v) is 7.44. The number of nitrogens with zero attached hydrogens (tertiary/aromatic N) is 2. The summed E-state index contributed by atoms with van der Waals surface area (Å²) in [5.41, 5.74) is 5.67. The van der Waals surface area contributed by atoms with Crippen LogP contribution in [0.2, 0.25) is 0 Å². The van der Waals surface area contributed by atoms with E-state index < -0.39 is 18.0 Å². The monoisotopic (exact) mass is 511 g/mol. The molecule has 0 saturated heterocycles. The Morgan fingerprint density at radius 2 is 1.95 bits per heavy atom. The number of carbonyl (C=O) groups is 2. The summed E-state index contributed by atoms with van der Waals surface area (Å²) in [5, 5.41) is 10.2. The molecule has 4 aromatic rings. The van der Waals surface area contributed by atoms with E-state index in [-0.39, 0.29) is 5.91 Å². The summed E-state index contributed by atoms with van der Waals surface area (Å²) in [4.78, 5) is 31.7. The van der Waals surface area contributed by atoms with E-state index in [2.05, 4.69) is 4.98 Å². The lowest BCUT2D eigenvalue weighted by molar-refractivity contribution is 0.0726. The fourth-order valence-electron chi connectivity index (χ4n) is 5.50. The van der Waals surface area contributed by atoms with E-state index in [9.17, 15) is 19.1 Å². The third-order valence-electron chi connectivity index (χ3n) is 7.44. The quantitative estimate of drug-likeness (QED) is 0.353. The summed E-state index contributed by atoms with van der Waals surface area (Å²) < 4.78 is 20.1. The minimum absolute atomic E-state index is 0.152. The van der Waals surface area contributed by atoms with Crippen molar-refractivity contribution in [3.63, 3.8) is 0 Å². The summed E-state index contributed by atoms with van der Waals surface area (Å²) in [6.07, 6.45) is 1.55. The van der Waals surface area contributed by atoms with Crippen molar-refractivity contribution >= 4 is 28.5 Å². The minimum atomic E-state index is -0.934. The van der Waals surface area contributed by atoms with Crippen molar-refractivity contribution in [2.24, 2.45) is 0 Å². The van der Waals surface area contributed by atoms with Crippen LogP contribution in [0.1, 0.15) is 45.2 Å². The number of benzene rings is 3. The number of aromatic amines is 1. The van der Waals surface area contributed by atoms with Gasteiger partial charge in [0.05, 0.1) is 7.11 Å². The largest absolute Gasteiger partial charge is 0.496 e. The highest BCUT2D eigenvalue weighted by molar-refractivity contribution is 6.00. The van der Waals surface area contributed by atoms with Gasteiger partial charge in [-0.05, 0) is 64.9 Å². The fraction of sp³-hybridized carbons (Fsp3) is 0.200. The Morgan fingerprint density at radius 1 is 1.11 bits per heavy atom. The van der Waals surface area contributed by atoms with Gasteiger partial charge in [-0.2, -0.15) is 0 Å². The number of fused-ring (bicyclic) bond motifs is 2. The summed E-state index contributed by atoms with van der Waals surface area (Å²) in [7, 11) is 1.54. The number of nitrogens with one attached hydrogen (secondary N) is 1. The first-order valence-electron chi connectivity index (χ1n) is 12.4. The maximum atomic E-state index is 14.5. The van der Waals surface area contributed by atoms with Gasteiger partial charge in [-0.25, -0.2) is 9.18 Å². The molecular formula is C30H26FN3O4. The summed E-state index contributed by atoms with van der Waals surface area (Å²) in [6.45, 7) is 1.10. The molecule has 1 unspecified atom stereocenters. The maximum Gasteiger partial charge on any atom is 0.407 e. The molecule has 1 atom stereocenters. The number of rotatable bonds is 5. The van der Waals surface area contributed by atoms with E-state index in [0.29, 0.717) is 42.9 Å². The standard InChI is InChI=1S/C30H26FN3O4/c1-38-27-9-8-22(31)16-24(27)28(26-15-20-4-2-3-5-25(20)32-26)34-17-21-7-6-19(14-23(21)29(34)35)18-10-12-33(13-11-18)30(36)37/h2-10,14-16,28,32H,11-13,17H2,1H3,(H,36,37). The third kappa shape index (κ3) is 4.08. The van der Waals surface area contributed by atoms with Crippen LogP contribution in [0.4, 0.5) is 9.18 Å². The number of ether oxygens (including phenoxy) is 1. The predicted octanol–water partition coefficient (Wildman–Crippen LogP) is 5.83. The number of H-pyrrole nitrogens is 1. The van der Waals surface area contributed by atoms with Crippen molar-refractivity contribution in [1.29, 1.82) is 0 Å². The fourth-order valence-corrected chi connectivity index (χ4v) is 5.50. The Balaban J connectivity index is 1.40. The number of methoxy groups -OCH3 is 1. The molecule has 0 saturated carbocycles. The zero-order valence-electron chi connectivity index (χ0n) is 20.8. The van der Waals surface area contributed by atoms with E-state index in [0.717, 1.165) is 33.3 Å². The zero-order valence-corrected chi connectivity index (χ0v) is 20.8. The van der Waals surface area contributed by atoms with Crippen LogP contribution in [0.3, 0.4) is 0 Å². The van der Waals surface area contributed by atoms with Gasteiger partial charge in [0.15, 0.2) is 0 Å². The second-order valence-electron chi connectivity index (χ2n) is 9.61. The normalized spacial score (nSPS) is 15.9. The lowest BCUT2D eigenvalue weighted by Gasteiger charge is -2.29. The molecule has 0 spiro atoms. The number of para-hydroxylation sites is 1. The Labute approximate surface area is 218 Å². The summed E-state index contributed by atoms with van der Waals surface area (Å²) in [6, 6.07) is 19.4. The Morgan fingerprint density at radius 3 is 2.68 bits per heavy atom. The number of aromatic nitrogens is 1. The molecule has 1 aromatic heterocycles. The number of hydrogen-bond acceptors (Lipinski definition) is 3. The highest BCUT2D eigenvalue weighted by atomic mass is 19.1. The van der Waals surface area contributed by atoms with Crippen molar-refractivity contribution < 1.29 is 23.8 Å². The molecule has 2 aliphatic heterocycles. The van der Waals surface area contributed by atoms with Crippen LogP contribution in [0.5, 0.6) is 5.75 Å². The van der Waals surface area contributed by atoms with Gasteiger partial charge in [-0.1, -0.05) is 36.4 Å². The van der Waals surface area contributed by atoms with Gasteiger partial charge in [0.2, 0.25) is 0 Å². The lowest BCUT2D eigenvalue weighted by atomic mass is 9.96. The van der Waals surface area contributed by atoms with Crippen LogP contribution in [0, 0.1) is 5.82 Å². The van der Waals surface area contributed by atoms with Gasteiger partial charge >= 0.3 is 6.09 Å². The summed E-state index contributed by atoms with van der Waals surface area (Å²) >= 11 is 0. The molecule has 2 amide bonds. The molecule has 8 heteroatoms. The Kier molecular flexibility index (Phi) is 5.87. The predicted molar refractivity (Wildman–Crippen MR) is 142 cm³/mol. The van der Waals surface area contributed by atoms with Crippen LogP contribution >= 0.6 is 0 Å². The van der Waals surface area contributed by atoms with Gasteiger partial charge < -0.3 is 24.6 Å². The number of amides is 2. The Hall–Kier alpha value is -4.59. The van der Waals surface area contributed by atoms with Gasteiger partial charge in [0, 0.05) is 42.0 Å². The molecule has 192 valence electrons. The van der Waals surface area contributed by atoms with Gasteiger partial charge in [-0.15, -0.1) is 0 Å². The van der Waals surface area contributed by atoms with Crippen molar-refractivity contribution in [2.45, 2.75) is 19.0 Å². The molecule has 3 heterocycles. The lowest BCUT2D eigenvalue weighted by Crippen LogP contribution is -2.33. The average Bonchev–Trinajstić information content (AvgIpc) is 3.50. The highest BCUT2D eigenvalue weighted by Crippen LogP contribution is 2.41. The van der Waals surface area contributed by atoms with Crippen molar-refractivity contribution in [1.82, 2.24) is 14.8 Å². The molecule has 38 heavy (non-hydrogen) atoms. The molecule has 0 bridgehead atoms. The molecule has 2 aliphatic rings. The second-order valence-corrected chi connectivity index (χ2v) is 9.61.